The van der Waals surface area contributed by atoms with Crippen molar-refractivity contribution < 1.29 is 19.1 Å². The predicted molar refractivity (Wildman–Crippen MR) is 118 cm³/mol. The number of aromatic nitrogens is 4. The van der Waals surface area contributed by atoms with E-state index in [9.17, 15) is 9.18 Å². The first-order valence-electron chi connectivity index (χ1n) is 10.5. The van der Waals surface area contributed by atoms with Crippen LogP contribution in [0, 0.1) is 11.7 Å². The molecule has 1 aromatic carbocycles. The maximum atomic E-state index is 13.4. The Bertz CT molecular complexity index is 1050. The molecule has 9 heteroatoms. The summed E-state index contributed by atoms with van der Waals surface area (Å²) in [5.74, 6) is -0.0326. The van der Waals surface area contributed by atoms with E-state index >= 15 is 0 Å². The van der Waals surface area contributed by atoms with Gasteiger partial charge in [-0.3, -0.25) is 14.3 Å². The molecule has 1 N–H and O–H groups in total. The Morgan fingerprint density at radius 3 is 2.34 bits per heavy atom. The number of hydrogen-bond acceptors (Lipinski definition) is 4. The second-order valence-electron chi connectivity index (χ2n) is 8.05. The van der Waals surface area contributed by atoms with Crippen LogP contribution in [0.2, 0.25) is 0 Å². The fraction of sp³-hybridized carbons (Fsp3) is 0.391. The fourth-order valence-electron chi connectivity index (χ4n) is 3.98. The van der Waals surface area contributed by atoms with Crippen LogP contribution in [0.5, 0.6) is 0 Å². The topological polar surface area (TPSA) is 93.3 Å². The number of halogens is 1. The molecule has 170 valence electrons. The van der Waals surface area contributed by atoms with Gasteiger partial charge < -0.3 is 14.6 Å². The van der Waals surface area contributed by atoms with E-state index in [4.69, 9.17) is 9.90 Å². The standard InChI is InChI=1S/C22H26FN5O.CH2O2/c1-15(2)22(29)27-12-8-18(9-13-27)28-14-24-20(16-4-6-17(23)7-5-16)21(28)19-10-11-26(3)25-19;2-1-3/h4-7,10-11,14-15,18H,8-9,12-13H2,1-3H3;1H,(H,2,3). The fourth-order valence-corrected chi connectivity index (χ4v) is 3.98. The van der Waals surface area contributed by atoms with Gasteiger partial charge in [0.15, 0.2) is 0 Å². The lowest BCUT2D eigenvalue weighted by atomic mass is 10.0. The number of carbonyl (C=O) groups excluding carboxylic acids is 1. The van der Waals surface area contributed by atoms with Crippen LogP contribution in [0.1, 0.15) is 32.7 Å². The molecule has 3 aromatic rings. The number of aryl methyl sites for hydroxylation is 1. The minimum absolute atomic E-state index is 0.0222. The zero-order valence-corrected chi connectivity index (χ0v) is 18.5. The van der Waals surface area contributed by atoms with Crippen molar-refractivity contribution in [3.05, 3.63) is 48.7 Å². The molecule has 0 bridgehead atoms. The Morgan fingerprint density at radius 1 is 1.19 bits per heavy atom. The molecule has 2 aromatic heterocycles. The lowest BCUT2D eigenvalue weighted by molar-refractivity contribution is -0.135. The molecule has 0 atom stereocenters. The van der Waals surface area contributed by atoms with Crippen molar-refractivity contribution in [2.45, 2.75) is 32.7 Å². The molecular formula is C23H28FN5O3. The molecular weight excluding hydrogens is 413 g/mol. The molecule has 1 aliphatic rings. The van der Waals surface area contributed by atoms with Crippen LogP contribution in [0.4, 0.5) is 4.39 Å². The molecule has 3 heterocycles. The van der Waals surface area contributed by atoms with Crippen LogP contribution >= 0.6 is 0 Å². The summed E-state index contributed by atoms with van der Waals surface area (Å²) in [6, 6.07) is 8.61. The van der Waals surface area contributed by atoms with Gasteiger partial charge in [0.2, 0.25) is 5.91 Å². The molecule has 1 fully saturated rings. The Hall–Kier alpha value is -3.49. The number of imidazole rings is 1. The lowest BCUT2D eigenvalue weighted by Crippen LogP contribution is -2.41. The summed E-state index contributed by atoms with van der Waals surface area (Å²) in [5, 5.41) is 11.5. The van der Waals surface area contributed by atoms with Gasteiger partial charge in [0.25, 0.3) is 6.47 Å². The van der Waals surface area contributed by atoms with Gasteiger partial charge in [-0.05, 0) is 43.2 Å². The number of carboxylic acid groups (broad SMARTS) is 1. The Kier molecular flexibility index (Phi) is 7.40. The molecule has 0 radical (unpaired) electrons. The SMILES string of the molecule is CC(C)C(=O)N1CCC(n2cnc(-c3ccc(F)cc3)c2-c2ccn(C)n2)CC1.O=CO. The highest BCUT2D eigenvalue weighted by Gasteiger charge is 2.28. The van der Waals surface area contributed by atoms with E-state index in [2.05, 4.69) is 14.6 Å². The second kappa shape index (κ2) is 10.2. The van der Waals surface area contributed by atoms with Crippen LogP contribution in [0.25, 0.3) is 22.6 Å². The molecule has 1 amide bonds. The van der Waals surface area contributed by atoms with Crippen LogP contribution in [-0.4, -0.2) is 54.8 Å². The molecule has 1 saturated heterocycles. The van der Waals surface area contributed by atoms with E-state index in [1.54, 1.807) is 16.8 Å². The van der Waals surface area contributed by atoms with Crippen molar-refractivity contribution in [1.29, 1.82) is 0 Å². The number of hydrogen-bond donors (Lipinski definition) is 1. The Labute approximate surface area is 186 Å². The summed E-state index contributed by atoms with van der Waals surface area (Å²) in [5.41, 5.74) is 3.43. The van der Waals surface area contributed by atoms with E-state index in [0.717, 1.165) is 48.6 Å². The molecule has 1 aliphatic heterocycles. The van der Waals surface area contributed by atoms with Crippen molar-refractivity contribution in [1.82, 2.24) is 24.2 Å². The lowest BCUT2D eigenvalue weighted by Gasteiger charge is -2.34. The minimum Gasteiger partial charge on any atom is -0.483 e. The third-order valence-corrected chi connectivity index (χ3v) is 5.53. The van der Waals surface area contributed by atoms with Gasteiger partial charge in [0.05, 0.1) is 17.7 Å². The Balaban J connectivity index is 0.000000913. The normalized spacial score (nSPS) is 14.2. The number of carbonyl (C=O) groups is 2. The van der Waals surface area contributed by atoms with Crippen molar-refractivity contribution in [2.24, 2.45) is 13.0 Å². The van der Waals surface area contributed by atoms with Gasteiger partial charge in [-0.1, -0.05) is 13.8 Å². The third-order valence-electron chi connectivity index (χ3n) is 5.53. The number of nitrogens with zero attached hydrogens (tertiary/aromatic N) is 5. The first kappa shape index (κ1) is 23.2. The van der Waals surface area contributed by atoms with Crippen LogP contribution in [-0.2, 0) is 16.6 Å². The first-order chi connectivity index (χ1) is 15.3. The van der Waals surface area contributed by atoms with Gasteiger partial charge in [0.1, 0.15) is 11.5 Å². The van der Waals surface area contributed by atoms with Crippen molar-refractivity contribution in [3.8, 4) is 22.6 Å². The smallest absolute Gasteiger partial charge is 0.290 e. The van der Waals surface area contributed by atoms with E-state index < -0.39 is 0 Å². The van der Waals surface area contributed by atoms with E-state index in [-0.39, 0.29) is 30.2 Å². The number of likely N-dealkylation sites (tertiary alicyclic amines) is 1. The summed E-state index contributed by atoms with van der Waals surface area (Å²) in [6.45, 7) is 5.12. The molecule has 0 unspecified atom stereocenters. The van der Waals surface area contributed by atoms with Gasteiger partial charge in [0, 0.05) is 43.9 Å². The average molecular weight is 442 g/mol. The number of rotatable bonds is 4. The monoisotopic (exact) mass is 441 g/mol. The maximum Gasteiger partial charge on any atom is 0.290 e. The molecule has 0 aliphatic carbocycles. The Morgan fingerprint density at radius 2 is 1.81 bits per heavy atom. The number of benzene rings is 1. The van der Waals surface area contributed by atoms with Crippen LogP contribution in [0.15, 0.2) is 42.9 Å². The largest absolute Gasteiger partial charge is 0.483 e. The summed E-state index contributed by atoms with van der Waals surface area (Å²) in [7, 11) is 1.89. The zero-order chi connectivity index (χ0) is 23.3. The van der Waals surface area contributed by atoms with Crippen molar-refractivity contribution in [3.63, 3.8) is 0 Å². The minimum atomic E-state index is -0.269. The van der Waals surface area contributed by atoms with E-state index in [1.807, 2.05) is 44.4 Å². The predicted octanol–water partition coefficient (Wildman–Crippen LogP) is 3.61. The van der Waals surface area contributed by atoms with Gasteiger partial charge in [-0.2, -0.15) is 5.10 Å². The third kappa shape index (κ3) is 5.04. The van der Waals surface area contributed by atoms with Crippen LogP contribution in [0.3, 0.4) is 0 Å². The molecule has 0 saturated carbocycles. The van der Waals surface area contributed by atoms with Gasteiger partial charge >= 0.3 is 0 Å². The maximum absolute atomic E-state index is 13.4. The summed E-state index contributed by atoms with van der Waals surface area (Å²) in [4.78, 5) is 27.3. The van der Waals surface area contributed by atoms with E-state index in [0.29, 0.717) is 0 Å². The second-order valence-corrected chi connectivity index (χ2v) is 8.05. The highest BCUT2D eigenvalue weighted by molar-refractivity contribution is 5.78. The van der Waals surface area contributed by atoms with E-state index in [1.165, 1.54) is 12.1 Å². The van der Waals surface area contributed by atoms with Gasteiger partial charge in [-0.25, -0.2) is 9.37 Å². The average Bonchev–Trinajstić information content (AvgIpc) is 3.40. The highest BCUT2D eigenvalue weighted by atomic mass is 19.1. The quantitative estimate of drug-likeness (QED) is 0.625. The molecule has 8 nitrogen and oxygen atoms in total. The summed E-state index contributed by atoms with van der Waals surface area (Å²) >= 11 is 0. The molecule has 0 spiro atoms. The number of amides is 1. The summed E-state index contributed by atoms with van der Waals surface area (Å²) < 4.78 is 17.4. The van der Waals surface area contributed by atoms with Crippen LogP contribution < -0.4 is 0 Å². The molecule has 32 heavy (non-hydrogen) atoms. The zero-order valence-electron chi connectivity index (χ0n) is 18.5. The first-order valence-corrected chi connectivity index (χ1v) is 10.5. The van der Waals surface area contributed by atoms with Gasteiger partial charge in [-0.15, -0.1) is 0 Å². The molecule has 4 rings (SSSR count). The number of piperidine rings is 1. The van der Waals surface area contributed by atoms with Crippen molar-refractivity contribution in [2.75, 3.05) is 13.1 Å². The summed E-state index contributed by atoms with van der Waals surface area (Å²) in [6.07, 6.45) is 5.51. The van der Waals surface area contributed by atoms with Crippen molar-refractivity contribution >= 4 is 12.4 Å². The highest BCUT2D eigenvalue weighted by Crippen LogP contribution is 2.35.